The second kappa shape index (κ2) is 4.78. The molecule has 1 aromatic heterocycles. The Kier molecular flexibility index (Phi) is 3.65. The fraction of sp³-hybridized carbons (Fsp3) is 0.500. The van der Waals surface area contributed by atoms with E-state index >= 15 is 0 Å². The number of hydrogen-bond donors (Lipinski definition) is 2. The Labute approximate surface area is 93.9 Å². The SMILES string of the molecule is CCCOC(=O)c1c(C)nn(C(=N)N)c1C. The molecule has 3 N–H and O–H groups in total. The summed E-state index contributed by atoms with van der Waals surface area (Å²) in [6.45, 7) is 5.67. The zero-order chi connectivity index (χ0) is 12.3. The van der Waals surface area contributed by atoms with E-state index < -0.39 is 5.97 Å². The number of hydrogen-bond acceptors (Lipinski definition) is 4. The van der Waals surface area contributed by atoms with Crippen LogP contribution < -0.4 is 5.73 Å². The quantitative estimate of drug-likeness (QED) is 0.451. The molecule has 0 bridgehead atoms. The smallest absolute Gasteiger partial charge is 0.341 e. The molecular weight excluding hydrogens is 208 g/mol. The van der Waals surface area contributed by atoms with Gasteiger partial charge in [0.2, 0.25) is 5.96 Å². The largest absolute Gasteiger partial charge is 0.462 e. The van der Waals surface area contributed by atoms with Crippen LogP contribution in [-0.2, 0) is 4.74 Å². The highest BCUT2D eigenvalue weighted by Gasteiger charge is 2.20. The van der Waals surface area contributed by atoms with Crippen LogP contribution in [-0.4, -0.2) is 28.3 Å². The average molecular weight is 224 g/mol. The molecule has 0 atom stereocenters. The molecule has 0 fully saturated rings. The normalized spacial score (nSPS) is 10.2. The fourth-order valence-electron chi connectivity index (χ4n) is 1.44. The molecular formula is C10H16N4O2. The number of nitrogens with one attached hydrogen (secondary N) is 1. The van der Waals surface area contributed by atoms with Crippen molar-refractivity contribution in [3.8, 4) is 0 Å². The van der Waals surface area contributed by atoms with Crippen molar-refractivity contribution in [2.24, 2.45) is 5.73 Å². The molecule has 1 rings (SSSR count). The van der Waals surface area contributed by atoms with Crippen molar-refractivity contribution in [3.63, 3.8) is 0 Å². The van der Waals surface area contributed by atoms with Crippen molar-refractivity contribution in [1.82, 2.24) is 9.78 Å². The zero-order valence-corrected chi connectivity index (χ0v) is 9.70. The molecule has 6 nitrogen and oxygen atoms in total. The van der Waals surface area contributed by atoms with Crippen LogP contribution in [0.3, 0.4) is 0 Å². The minimum absolute atomic E-state index is 0.213. The van der Waals surface area contributed by atoms with Gasteiger partial charge in [-0.2, -0.15) is 5.10 Å². The van der Waals surface area contributed by atoms with Gasteiger partial charge < -0.3 is 10.5 Å². The third-order valence-corrected chi connectivity index (χ3v) is 2.16. The third-order valence-electron chi connectivity index (χ3n) is 2.16. The number of carbonyl (C=O) groups excluding carboxylic acids is 1. The summed E-state index contributed by atoms with van der Waals surface area (Å²) in [6.07, 6.45) is 0.769. The Morgan fingerprint density at radius 2 is 2.19 bits per heavy atom. The van der Waals surface area contributed by atoms with Gasteiger partial charge in [0.15, 0.2) is 0 Å². The standard InChI is InChI=1S/C10H16N4O2/c1-4-5-16-9(15)8-6(2)13-14(7(8)3)10(11)12/h4-5H2,1-3H3,(H3,11,12). The lowest BCUT2D eigenvalue weighted by Gasteiger charge is -2.03. The molecule has 0 spiro atoms. The highest BCUT2D eigenvalue weighted by atomic mass is 16.5. The first-order chi connectivity index (χ1) is 7.49. The summed E-state index contributed by atoms with van der Waals surface area (Å²) in [6, 6.07) is 0. The summed E-state index contributed by atoms with van der Waals surface area (Å²) in [5.41, 5.74) is 6.78. The molecule has 1 heterocycles. The van der Waals surface area contributed by atoms with E-state index in [0.717, 1.165) is 6.42 Å². The molecule has 88 valence electrons. The lowest BCUT2D eigenvalue weighted by molar-refractivity contribution is 0.0503. The molecule has 16 heavy (non-hydrogen) atoms. The number of nitrogens with zero attached hydrogens (tertiary/aromatic N) is 2. The maximum atomic E-state index is 11.7. The summed E-state index contributed by atoms with van der Waals surface area (Å²) in [7, 11) is 0. The van der Waals surface area contributed by atoms with E-state index in [1.165, 1.54) is 4.68 Å². The molecule has 0 aliphatic heterocycles. The number of esters is 1. The van der Waals surface area contributed by atoms with Gasteiger partial charge in [-0.25, -0.2) is 9.48 Å². The summed E-state index contributed by atoms with van der Waals surface area (Å²) in [4.78, 5) is 11.7. The van der Waals surface area contributed by atoms with Gasteiger partial charge >= 0.3 is 5.97 Å². The van der Waals surface area contributed by atoms with Crippen LogP contribution in [0.2, 0.25) is 0 Å². The van der Waals surface area contributed by atoms with Gasteiger partial charge in [-0.3, -0.25) is 5.41 Å². The Morgan fingerprint density at radius 1 is 1.56 bits per heavy atom. The molecule has 0 aliphatic carbocycles. The summed E-state index contributed by atoms with van der Waals surface area (Å²) in [5, 5.41) is 11.3. The molecule has 0 radical (unpaired) electrons. The molecule has 1 aromatic rings. The van der Waals surface area contributed by atoms with E-state index in [2.05, 4.69) is 5.10 Å². The first-order valence-electron chi connectivity index (χ1n) is 5.06. The van der Waals surface area contributed by atoms with Gasteiger partial charge in [-0.05, 0) is 20.3 Å². The van der Waals surface area contributed by atoms with E-state index in [1.807, 2.05) is 6.92 Å². The number of nitrogens with two attached hydrogens (primary N) is 1. The molecule has 0 amide bonds. The summed E-state index contributed by atoms with van der Waals surface area (Å²) >= 11 is 0. The Hall–Kier alpha value is -1.85. The average Bonchev–Trinajstić information content (AvgIpc) is 2.51. The van der Waals surface area contributed by atoms with E-state index in [4.69, 9.17) is 15.9 Å². The van der Waals surface area contributed by atoms with Crippen LogP contribution in [0, 0.1) is 19.3 Å². The van der Waals surface area contributed by atoms with E-state index in [1.54, 1.807) is 13.8 Å². The van der Waals surface area contributed by atoms with Gasteiger partial charge in [0.1, 0.15) is 5.56 Å². The minimum atomic E-state index is -0.413. The number of carbonyl (C=O) groups is 1. The Morgan fingerprint density at radius 3 is 2.62 bits per heavy atom. The van der Waals surface area contributed by atoms with Crippen molar-refractivity contribution in [1.29, 1.82) is 5.41 Å². The van der Waals surface area contributed by atoms with Gasteiger partial charge in [-0.15, -0.1) is 0 Å². The topological polar surface area (TPSA) is 94.0 Å². The van der Waals surface area contributed by atoms with Crippen molar-refractivity contribution in [2.75, 3.05) is 6.61 Å². The molecule has 6 heteroatoms. The van der Waals surface area contributed by atoms with Crippen molar-refractivity contribution < 1.29 is 9.53 Å². The Bertz CT molecular complexity index is 423. The van der Waals surface area contributed by atoms with E-state index in [0.29, 0.717) is 23.6 Å². The van der Waals surface area contributed by atoms with Crippen LogP contribution in [0.5, 0.6) is 0 Å². The maximum Gasteiger partial charge on any atom is 0.341 e. The first kappa shape index (κ1) is 12.2. The van der Waals surface area contributed by atoms with E-state index in [-0.39, 0.29) is 5.96 Å². The van der Waals surface area contributed by atoms with Crippen LogP contribution in [0.4, 0.5) is 0 Å². The lowest BCUT2D eigenvalue weighted by Crippen LogP contribution is -2.23. The van der Waals surface area contributed by atoms with Crippen LogP contribution in [0.1, 0.15) is 35.1 Å². The van der Waals surface area contributed by atoms with Gasteiger partial charge in [0, 0.05) is 0 Å². The van der Waals surface area contributed by atoms with Gasteiger partial charge in [0.05, 0.1) is 18.0 Å². The highest BCUT2D eigenvalue weighted by Crippen LogP contribution is 2.13. The maximum absolute atomic E-state index is 11.7. The minimum Gasteiger partial charge on any atom is -0.462 e. The molecule has 0 saturated heterocycles. The van der Waals surface area contributed by atoms with E-state index in [9.17, 15) is 4.79 Å². The zero-order valence-electron chi connectivity index (χ0n) is 9.70. The third kappa shape index (κ3) is 2.21. The van der Waals surface area contributed by atoms with Crippen LogP contribution in [0.15, 0.2) is 0 Å². The van der Waals surface area contributed by atoms with Crippen molar-refractivity contribution in [2.45, 2.75) is 27.2 Å². The Balaban J connectivity index is 3.04. The molecule has 0 aromatic carbocycles. The van der Waals surface area contributed by atoms with Crippen molar-refractivity contribution >= 4 is 11.9 Å². The predicted molar refractivity (Wildman–Crippen MR) is 59.6 cm³/mol. The first-order valence-corrected chi connectivity index (χ1v) is 5.06. The van der Waals surface area contributed by atoms with Crippen molar-refractivity contribution in [3.05, 3.63) is 17.0 Å². The molecule has 0 unspecified atom stereocenters. The second-order valence-corrected chi connectivity index (χ2v) is 3.48. The van der Waals surface area contributed by atoms with Crippen LogP contribution in [0.25, 0.3) is 0 Å². The second-order valence-electron chi connectivity index (χ2n) is 3.48. The van der Waals surface area contributed by atoms with Gasteiger partial charge in [0.25, 0.3) is 0 Å². The number of aromatic nitrogens is 2. The molecule has 0 aliphatic rings. The highest BCUT2D eigenvalue weighted by molar-refractivity contribution is 5.93. The number of ether oxygens (including phenoxy) is 1. The number of rotatable bonds is 3. The summed E-state index contributed by atoms with van der Waals surface area (Å²) in [5.74, 6) is -0.625. The fourth-order valence-corrected chi connectivity index (χ4v) is 1.44. The molecule has 0 saturated carbocycles. The monoisotopic (exact) mass is 224 g/mol. The number of nitrogen functional groups attached to an aromatic ring is 1. The lowest BCUT2D eigenvalue weighted by atomic mass is 10.2. The predicted octanol–water partition coefficient (Wildman–Crippen LogP) is 0.808. The number of aryl methyl sites for hydroxylation is 1. The van der Waals surface area contributed by atoms with Gasteiger partial charge in [-0.1, -0.05) is 6.92 Å². The summed E-state index contributed by atoms with van der Waals surface area (Å²) < 4.78 is 6.25. The van der Waals surface area contributed by atoms with Crippen LogP contribution >= 0.6 is 0 Å².